The molecule has 1 aliphatic heterocycles. The number of guanidine groups is 1. The zero-order valence-electron chi connectivity index (χ0n) is 6.74. The van der Waals surface area contributed by atoms with Gasteiger partial charge >= 0.3 is 0 Å². The van der Waals surface area contributed by atoms with Crippen molar-refractivity contribution in [2.45, 2.75) is 6.42 Å². The molecule has 5 nitrogen and oxygen atoms in total. The summed E-state index contributed by atoms with van der Waals surface area (Å²) in [5.41, 5.74) is 0. The van der Waals surface area contributed by atoms with Crippen molar-refractivity contribution in [3.8, 4) is 0 Å². The molecule has 0 aromatic rings. The lowest BCUT2D eigenvalue weighted by atomic mass is 10.4. The van der Waals surface area contributed by atoms with Gasteiger partial charge in [0.1, 0.15) is 0 Å². The van der Waals surface area contributed by atoms with E-state index in [1.807, 2.05) is 0 Å². The molecule has 1 aliphatic rings. The van der Waals surface area contributed by atoms with Gasteiger partial charge in [0.05, 0.1) is 7.11 Å². The van der Waals surface area contributed by atoms with Crippen LogP contribution in [0.4, 0.5) is 0 Å². The van der Waals surface area contributed by atoms with Gasteiger partial charge in [0.15, 0.2) is 5.90 Å². The SMILES string of the molecule is CN=C1N=C(OC)CCN1N. The fraction of sp³-hybridized carbons (Fsp3) is 0.667. The van der Waals surface area contributed by atoms with Crippen LogP contribution >= 0.6 is 0 Å². The molecule has 62 valence electrons. The molecule has 0 atom stereocenters. The second-order valence-electron chi connectivity index (χ2n) is 2.18. The molecule has 2 N–H and O–H groups in total. The molecule has 0 amide bonds. The van der Waals surface area contributed by atoms with Crippen LogP contribution in [0.2, 0.25) is 0 Å². The maximum Gasteiger partial charge on any atom is 0.237 e. The molecular formula is C6H12N4O. The monoisotopic (exact) mass is 156 g/mol. The summed E-state index contributed by atoms with van der Waals surface area (Å²) in [6, 6.07) is 0. The van der Waals surface area contributed by atoms with Crippen molar-refractivity contribution in [2.75, 3.05) is 20.7 Å². The maximum atomic E-state index is 5.55. The van der Waals surface area contributed by atoms with Gasteiger partial charge in [-0.1, -0.05) is 0 Å². The van der Waals surface area contributed by atoms with Crippen molar-refractivity contribution < 1.29 is 4.74 Å². The Balaban J connectivity index is 2.76. The van der Waals surface area contributed by atoms with E-state index in [0.29, 0.717) is 18.4 Å². The minimum absolute atomic E-state index is 0.521. The summed E-state index contributed by atoms with van der Waals surface area (Å²) in [5.74, 6) is 6.76. The Morgan fingerprint density at radius 2 is 2.45 bits per heavy atom. The molecule has 0 fully saturated rings. The van der Waals surface area contributed by atoms with Gasteiger partial charge in [-0.05, 0) is 0 Å². The molecule has 0 saturated heterocycles. The van der Waals surface area contributed by atoms with Gasteiger partial charge in [0, 0.05) is 20.0 Å². The Kier molecular flexibility index (Phi) is 2.43. The Hall–Kier alpha value is -1.10. The summed E-state index contributed by atoms with van der Waals surface area (Å²) < 4.78 is 4.96. The molecule has 0 saturated carbocycles. The summed E-state index contributed by atoms with van der Waals surface area (Å²) in [7, 11) is 3.25. The number of nitrogens with two attached hydrogens (primary N) is 1. The van der Waals surface area contributed by atoms with Crippen molar-refractivity contribution in [1.29, 1.82) is 0 Å². The van der Waals surface area contributed by atoms with E-state index in [2.05, 4.69) is 9.98 Å². The molecule has 0 radical (unpaired) electrons. The smallest absolute Gasteiger partial charge is 0.237 e. The van der Waals surface area contributed by atoms with E-state index in [-0.39, 0.29) is 0 Å². The normalized spacial score (nSPS) is 21.9. The quantitative estimate of drug-likeness (QED) is 0.485. The predicted molar refractivity (Wildman–Crippen MR) is 43.3 cm³/mol. The van der Waals surface area contributed by atoms with E-state index >= 15 is 0 Å². The van der Waals surface area contributed by atoms with Crippen molar-refractivity contribution >= 4 is 11.9 Å². The second kappa shape index (κ2) is 3.34. The summed E-state index contributed by atoms with van der Waals surface area (Å²) in [5, 5.41) is 1.50. The number of hydrogen-bond acceptors (Lipinski definition) is 3. The number of aliphatic imine (C=N–C) groups is 2. The Morgan fingerprint density at radius 1 is 1.73 bits per heavy atom. The van der Waals surface area contributed by atoms with Crippen LogP contribution in [0.15, 0.2) is 9.98 Å². The molecule has 11 heavy (non-hydrogen) atoms. The molecule has 1 rings (SSSR count). The molecule has 0 bridgehead atoms. The van der Waals surface area contributed by atoms with Crippen molar-refractivity contribution in [3.05, 3.63) is 0 Å². The van der Waals surface area contributed by atoms with Gasteiger partial charge in [-0.2, -0.15) is 4.99 Å². The van der Waals surface area contributed by atoms with E-state index in [4.69, 9.17) is 10.6 Å². The zero-order chi connectivity index (χ0) is 8.27. The number of rotatable bonds is 0. The van der Waals surface area contributed by atoms with Crippen molar-refractivity contribution in [2.24, 2.45) is 15.8 Å². The van der Waals surface area contributed by atoms with Crippen molar-refractivity contribution in [1.82, 2.24) is 5.01 Å². The Labute approximate surface area is 65.5 Å². The van der Waals surface area contributed by atoms with Gasteiger partial charge in [0.2, 0.25) is 5.96 Å². The van der Waals surface area contributed by atoms with Crippen LogP contribution in [-0.4, -0.2) is 37.6 Å². The highest BCUT2D eigenvalue weighted by Gasteiger charge is 2.14. The van der Waals surface area contributed by atoms with Crippen LogP contribution in [0.25, 0.3) is 0 Å². The molecule has 5 heteroatoms. The summed E-state index contributed by atoms with van der Waals surface area (Å²) in [4.78, 5) is 7.92. The number of hydrazine groups is 1. The lowest BCUT2D eigenvalue weighted by molar-refractivity contribution is 0.357. The first-order chi connectivity index (χ1) is 5.27. The molecule has 0 spiro atoms. The fourth-order valence-electron chi connectivity index (χ4n) is 0.874. The largest absolute Gasteiger partial charge is 0.484 e. The molecule has 0 aromatic carbocycles. The standard InChI is InChI=1S/C6H12N4O/c1-8-6-9-5(11-2)3-4-10(6)7/h3-4,7H2,1-2H3. The fourth-order valence-corrected chi connectivity index (χ4v) is 0.874. The van der Waals surface area contributed by atoms with Gasteiger partial charge in [0.25, 0.3) is 0 Å². The van der Waals surface area contributed by atoms with Crippen LogP contribution in [0.5, 0.6) is 0 Å². The minimum atomic E-state index is 0.521. The predicted octanol–water partition coefficient (Wildman–Crippen LogP) is -0.403. The third kappa shape index (κ3) is 1.68. The van der Waals surface area contributed by atoms with Gasteiger partial charge in [-0.15, -0.1) is 0 Å². The first kappa shape index (κ1) is 8.00. The maximum absolute atomic E-state index is 5.55. The van der Waals surface area contributed by atoms with Gasteiger partial charge < -0.3 is 4.74 Å². The first-order valence-corrected chi connectivity index (χ1v) is 3.38. The topological polar surface area (TPSA) is 63.2 Å². The zero-order valence-corrected chi connectivity index (χ0v) is 6.74. The highest BCUT2D eigenvalue weighted by molar-refractivity contribution is 5.95. The lowest BCUT2D eigenvalue weighted by Crippen LogP contribution is -2.41. The third-order valence-electron chi connectivity index (χ3n) is 1.48. The number of nitrogens with zero attached hydrogens (tertiary/aromatic N) is 3. The molecular weight excluding hydrogens is 144 g/mol. The van der Waals surface area contributed by atoms with E-state index in [9.17, 15) is 0 Å². The van der Waals surface area contributed by atoms with Crippen LogP contribution in [0.1, 0.15) is 6.42 Å². The van der Waals surface area contributed by atoms with Gasteiger partial charge in [-0.25, -0.2) is 5.84 Å². The Bertz CT molecular complexity index is 199. The molecule has 0 unspecified atom stereocenters. The summed E-state index contributed by atoms with van der Waals surface area (Å²) in [6.45, 7) is 0.708. The van der Waals surface area contributed by atoms with Crippen LogP contribution in [0, 0.1) is 0 Å². The summed E-state index contributed by atoms with van der Waals surface area (Å²) in [6.07, 6.45) is 0.742. The average Bonchev–Trinajstić information content (AvgIpc) is 2.05. The lowest BCUT2D eigenvalue weighted by Gasteiger charge is -2.22. The molecule has 1 heterocycles. The van der Waals surface area contributed by atoms with E-state index in [0.717, 1.165) is 6.42 Å². The van der Waals surface area contributed by atoms with E-state index in [1.165, 1.54) is 5.01 Å². The third-order valence-corrected chi connectivity index (χ3v) is 1.48. The number of hydrogen-bond donors (Lipinski definition) is 1. The minimum Gasteiger partial charge on any atom is -0.484 e. The van der Waals surface area contributed by atoms with Crippen LogP contribution < -0.4 is 5.84 Å². The summed E-state index contributed by atoms with van der Waals surface area (Å²) >= 11 is 0. The van der Waals surface area contributed by atoms with E-state index < -0.39 is 0 Å². The second-order valence-corrected chi connectivity index (χ2v) is 2.18. The van der Waals surface area contributed by atoms with Gasteiger partial charge in [-0.3, -0.25) is 10.0 Å². The van der Waals surface area contributed by atoms with Crippen LogP contribution in [0.3, 0.4) is 0 Å². The van der Waals surface area contributed by atoms with Crippen LogP contribution in [-0.2, 0) is 4.74 Å². The number of ether oxygens (including phenoxy) is 1. The first-order valence-electron chi connectivity index (χ1n) is 3.38. The number of methoxy groups -OCH3 is 1. The highest BCUT2D eigenvalue weighted by Crippen LogP contribution is 2.01. The molecule has 0 aliphatic carbocycles. The molecule has 0 aromatic heterocycles. The van der Waals surface area contributed by atoms with Crippen molar-refractivity contribution in [3.63, 3.8) is 0 Å². The average molecular weight is 156 g/mol. The van der Waals surface area contributed by atoms with E-state index in [1.54, 1.807) is 14.2 Å². The highest BCUT2D eigenvalue weighted by atomic mass is 16.5. The Morgan fingerprint density at radius 3 is 3.00 bits per heavy atom.